The quantitative estimate of drug-likeness (QED) is 0.815. The number of nitrogens with one attached hydrogen (secondary N) is 1. The van der Waals surface area contributed by atoms with Crippen LogP contribution >= 0.6 is 0 Å². The third-order valence-corrected chi connectivity index (χ3v) is 3.79. The molecule has 0 saturated carbocycles. The highest BCUT2D eigenvalue weighted by molar-refractivity contribution is 7.87. The lowest BCUT2D eigenvalue weighted by Gasteiger charge is -2.17. The first-order valence-electron chi connectivity index (χ1n) is 5.40. The van der Waals surface area contributed by atoms with Crippen LogP contribution in [0.15, 0.2) is 24.3 Å². The molecule has 0 atom stereocenters. The van der Waals surface area contributed by atoms with E-state index in [9.17, 15) is 18.0 Å². The van der Waals surface area contributed by atoms with E-state index >= 15 is 0 Å². The number of aromatic carboxylic acids is 1. The van der Waals surface area contributed by atoms with E-state index in [2.05, 4.69) is 4.74 Å². The van der Waals surface area contributed by atoms with Crippen molar-refractivity contribution in [3.05, 3.63) is 35.4 Å². The van der Waals surface area contributed by atoms with Crippen LogP contribution in [0, 0.1) is 0 Å². The van der Waals surface area contributed by atoms with Gasteiger partial charge >= 0.3 is 22.3 Å². The number of methoxy groups -OCH3 is 1. The van der Waals surface area contributed by atoms with Crippen molar-refractivity contribution in [1.82, 2.24) is 9.03 Å². The summed E-state index contributed by atoms with van der Waals surface area (Å²) in [7, 11) is -1.68. The molecular formula is C11H14N2O6S. The number of carboxylic acids is 1. The molecule has 0 aliphatic heterocycles. The van der Waals surface area contributed by atoms with E-state index in [0.29, 0.717) is 5.56 Å². The number of carbonyl (C=O) groups excluding carboxylic acids is 1. The van der Waals surface area contributed by atoms with Crippen LogP contribution in [0.2, 0.25) is 0 Å². The van der Waals surface area contributed by atoms with Crippen molar-refractivity contribution in [1.29, 1.82) is 0 Å². The number of carbonyl (C=O) groups is 2. The molecule has 0 radical (unpaired) electrons. The van der Waals surface area contributed by atoms with E-state index < -0.39 is 22.3 Å². The van der Waals surface area contributed by atoms with Crippen molar-refractivity contribution in [3.8, 4) is 0 Å². The van der Waals surface area contributed by atoms with E-state index in [4.69, 9.17) is 5.11 Å². The Bertz CT molecular complexity index is 596. The van der Waals surface area contributed by atoms with Crippen LogP contribution in [0.3, 0.4) is 0 Å². The number of hydrogen-bond donors (Lipinski definition) is 2. The molecular weight excluding hydrogens is 288 g/mol. The van der Waals surface area contributed by atoms with Gasteiger partial charge in [0, 0.05) is 13.6 Å². The first-order chi connectivity index (χ1) is 9.26. The zero-order valence-electron chi connectivity index (χ0n) is 10.9. The van der Waals surface area contributed by atoms with Gasteiger partial charge in [0.25, 0.3) is 0 Å². The third-order valence-electron chi connectivity index (χ3n) is 2.41. The maximum atomic E-state index is 11.7. The lowest BCUT2D eigenvalue weighted by molar-refractivity contribution is 0.0696. The maximum absolute atomic E-state index is 11.7. The minimum Gasteiger partial charge on any atom is -0.478 e. The highest BCUT2D eigenvalue weighted by Crippen LogP contribution is 2.08. The normalized spacial score (nSPS) is 11.2. The number of rotatable bonds is 5. The highest BCUT2D eigenvalue weighted by atomic mass is 32.2. The number of hydrogen-bond acceptors (Lipinski definition) is 5. The predicted octanol–water partition coefficient (Wildman–Crippen LogP) is 0.417. The van der Waals surface area contributed by atoms with Crippen molar-refractivity contribution in [2.24, 2.45) is 0 Å². The van der Waals surface area contributed by atoms with Crippen LogP contribution in [0.1, 0.15) is 15.9 Å². The van der Waals surface area contributed by atoms with Gasteiger partial charge in [-0.2, -0.15) is 12.7 Å². The monoisotopic (exact) mass is 302 g/mol. The number of benzene rings is 1. The molecule has 0 aliphatic rings. The van der Waals surface area contributed by atoms with Crippen LogP contribution in [-0.4, -0.2) is 44.0 Å². The molecule has 0 aliphatic carbocycles. The molecule has 0 fully saturated rings. The molecule has 0 aromatic heterocycles. The molecule has 9 heteroatoms. The molecule has 1 amide bonds. The Kier molecular flexibility index (Phi) is 5.06. The summed E-state index contributed by atoms with van der Waals surface area (Å²) in [5.74, 6) is -1.06. The number of carboxylic acid groups (broad SMARTS) is 1. The largest absolute Gasteiger partial charge is 0.478 e. The SMILES string of the molecule is COC(=O)NS(=O)(=O)N(C)Cc1ccc(C(=O)O)cc1. The zero-order chi connectivity index (χ0) is 15.3. The van der Waals surface area contributed by atoms with E-state index in [1.165, 1.54) is 31.3 Å². The predicted molar refractivity (Wildman–Crippen MR) is 69.3 cm³/mol. The summed E-state index contributed by atoms with van der Waals surface area (Å²) in [6.07, 6.45) is -1.09. The van der Waals surface area contributed by atoms with Crippen molar-refractivity contribution >= 4 is 22.3 Å². The molecule has 110 valence electrons. The first kappa shape index (κ1) is 15.9. The molecule has 0 bridgehead atoms. The fourth-order valence-corrected chi connectivity index (χ4v) is 2.09. The standard InChI is InChI=1S/C11H14N2O6S/c1-13(20(17,18)12-11(16)19-2)7-8-3-5-9(6-4-8)10(14)15/h3-6H,7H2,1-2H3,(H,12,16)(H,14,15). The topological polar surface area (TPSA) is 113 Å². The van der Waals surface area contributed by atoms with Gasteiger partial charge in [0.1, 0.15) is 0 Å². The zero-order valence-corrected chi connectivity index (χ0v) is 11.7. The van der Waals surface area contributed by atoms with E-state index in [-0.39, 0.29) is 12.1 Å². The summed E-state index contributed by atoms with van der Waals surface area (Å²) < 4.78 is 30.2. The molecule has 1 aromatic rings. The fourth-order valence-electron chi connectivity index (χ4n) is 1.32. The molecule has 1 aromatic carbocycles. The highest BCUT2D eigenvalue weighted by Gasteiger charge is 2.21. The minimum atomic E-state index is -4.00. The molecule has 8 nitrogen and oxygen atoms in total. The van der Waals surface area contributed by atoms with Gasteiger partial charge in [-0.15, -0.1) is 0 Å². The minimum absolute atomic E-state index is 0.0216. The summed E-state index contributed by atoms with van der Waals surface area (Å²) in [4.78, 5) is 21.6. The van der Waals surface area contributed by atoms with E-state index in [1.54, 1.807) is 4.72 Å². The van der Waals surface area contributed by atoms with E-state index in [0.717, 1.165) is 11.4 Å². The summed E-state index contributed by atoms with van der Waals surface area (Å²) in [5, 5.41) is 8.75. The van der Waals surface area contributed by atoms with Crippen LogP contribution < -0.4 is 4.72 Å². The molecule has 2 N–H and O–H groups in total. The van der Waals surface area contributed by atoms with Gasteiger partial charge in [0.05, 0.1) is 12.7 Å². The molecule has 1 rings (SSSR count). The van der Waals surface area contributed by atoms with Gasteiger partial charge in [0.2, 0.25) is 0 Å². The van der Waals surface area contributed by atoms with Crippen molar-refractivity contribution < 1.29 is 27.9 Å². The summed E-state index contributed by atoms with van der Waals surface area (Å²) in [6, 6.07) is 5.72. The van der Waals surface area contributed by atoms with Gasteiger partial charge in [-0.25, -0.2) is 14.3 Å². The smallest absolute Gasteiger partial charge is 0.421 e. The average Bonchev–Trinajstić information content (AvgIpc) is 2.38. The number of nitrogens with zero attached hydrogens (tertiary/aromatic N) is 1. The van der Waals surface area contributed by atoms with Gasteiger partial charge in [-0.05, 0) is 17.7 Å². The first-order valence-corrected chi connectivity index (χ1v) is 6.84. The second-order valence-electron chi connectivity index (χ2n) is 3.86. The van der Waals surface area contributed by atoms with Crippen LogP contribution in [0.25, 0.3) is 0 Å². The van der Waals surface area contributed by atoms with Gasteiger partial charge < -0.3 is 9.84 Å². The summed E-state index contributed by atoms with van der Waals surface area (Å²) >= 11 is 0. The lowest BCUT2D eigenvalue weighted by Crippen LogP contribution is -2.41. The van der Waals surface area contributed by atoms with Crippen molar-refractivity contribution in [2.75, 3.05) is 14.2 Å². The second-order valence-corrected chi connectivity index (χ2v) is 5.63. The molecule has 0 heterocycles. The molecule has 0 spiro atoms. The number of amides is 1. The van der Waals surface area contributed by atoms with Crippen molar-refractivity contribution in [3.63, 3.8) is 0 Å². The van der Waals surface area contributed by atoms with Crippen LogP contribution in [0.5, 0.6) is 0 Å². The Morgan fingerprint density at radius 1 is 1.30 bits per heavy atom. The Labute approximate surface area is 116 Å². The van der Waals surface area contributed by atoms with Crippen molar-refractivity contribution in [2.45, 2.75) is 6.54 Å². The third kappa shape index (κ3) is 4.21. The van der Waals surface area contributed by atoms with Crippen LogP contribution in [-0.2, 0) is 21.5 Å². The summed E-state index contributed by atoms with van der Waals surface area (Å²) in [5.41, 5.74) is 0.680. The Balaban J connectivity index is 2.77. The fraction of sp³-hybridized carbons (Fsp3) is 0.273. The van der Waals surface area contributed by atoms with Gasteiger partial charge in [-0.3, -0.25) is 0 Å². The molecule has 0 saturated heterocycles. The lowest BCUT2D eigenvalue weighted by atomic mass is 10.1. The van der Waals surface area contributed by atoms with E-state index in [1.807, 2.05) is 0 Å². The maximum Gasteiger partial charge on any atom is 0.421 e. The Morgan fingerprint density at radius 2 is 1.85 bits per heavy atom. The Hall–Kier alpha value is -2.13. The van der Waals surface area contributed by atoms with Gasteiger partial charge in [-0.1, -0.05) is 12.1 Å². The molecule has 0 unspecified atom stereocenters. The molecule has 20 heavy (non-hydrogen) atoms. The second kappa shape index (κ2) is 6.35. The summed E-state index contributed by atoms with van der Waals surface area (Å²) in [6.45, 7) is -0.0216. The van der Waals surface area contributed by atoms with Gasteiger partial charge in [0.15, 0.2) is 0 Å². The average molecular weight is 302 g/mol. The van der Waals surface area contributed by atoms with Crippen LogP contribution in [0.4, 0.5) is 4.79 Å². The number of ether oxygens (including phenoxy) is 1. The Morgan fingerprint density at radius 3 is 2.30 bits per heavy atom.